The van der Waals surface area contributed by atoms with Crippen LogP contribution >= 0.6 is 0 Å². The van der Waals surface area contributed by atoms with Gasteiger partial charge < -0.3 is 20.9 Å². The number of allylic oxidation sites excluding steroid dienone is 2. The molecule has 1 aromatic rings. The molecule has 3 heterocycles. The van der Waals surface area contributed by atoms with E-state index >= 15 is 0 Å². The molecule has 2 aliphatic heterocycles. The van der Waals surface area contributed by atoms with Gasteiger partial charge in [0.2, 0.25) is 0 Å². The number of nitrogens with zero attached hydrogens (tertiary/aromatic N) is 5. The van der Waals surface area contributed by atoms with Crippen molar-refractivity contribution in [2.75, 3.05) is 26.7 Å². The molecule has 0 saturated carbocycles. The molecule has 30 heavy (non-hydrogen) atoms. The molecule has 0 unspecified atom stereocenters. The Morgan fingerprint density at radius 3 is 2.70 bits per heavy atom. The van der Waals surface area contributed by atoms with Gasteiger partial charge in [0.25, 0.3) is 0 Å². The van der Waals surface area contributed by atoms with E-state index in [2.05, 4.69) is 37.1 Å². The minimum Gasteiger partial charge on any atom is -0.386 e. The molecule has 160 valence electrons. The summed E-state index contributed by atoms with van der Waals surface area (Å²) in [5, 5.41) is 19.1. The van der Waals surface area contributed by atoms with Crippen molar-refractivity contribution in [3.05, 3.63) is 40.0 Å². The molecule has 1 aromatic heterocycles. The SMILES string of the molecule is CNC1=N/C(C)=N\CCc2c(c(C)nn2CC2=C(N3CCC3)CC2)CN\C=C\1C=N. The summed E-state index contributed by atoms with van der Waals surface area (Å²) in [5.74, 6) is 1.35. The number of fused-ring (bicyclic) bond motifs is 1. The second kappa shape index (κ2) is 8.85. The number of rotatable bonds is 4. The van der Waals surface area contributed by atoms with Gasteiger partial charge in [0.1, 0.15) is 11.7 Å². The number of aryl methyl sites for hydroxylation is 1. The van der Waals surface area contributed by atoms with E-state index in [0.29, 0.717) is 30.3 Å². The van der Waals surface area contributed by atoms with E-state index in [0.717, 1.165) is 18.7 Å². The normalized spacial score (nSPS) is 24.9. The first-order valence-electron chi connectivity index (χ1n) is 10.8. The second-order valence-electron chi connectivity index (χ2n) is 8.07. The molecule has 8 nitrogen and oxygen atoms in total. The third-order valence-corrected chi connectivity index (χ3v) is 6.18. The van der Waals surface area contributed by atoms with Crippen LogP contribution in [-0.2, 0) is 19.5 Å². The molecule has 1 fully saturated rings. The fourth-order valence-corrected chi connectivity index (χ4v) is 4.27. The summed E-state index contributed by atoms with van der Waals surface area (Å²) in [6.07, 6.45) is 7.70. The Kier molecular flexibility index (Phi) is 6.01. The van der Waals surface area contributed by atoms with Gasteiger partial charge in [-0.2, -0.15) is 5.10 Å². The quantitative estimate of drug-likeness (QED) is 0.666. The average molecular weight is 409 g/mol. The molecule has 0 spiro atoms. The van der Waals surface area contributed by atoms with E-state index in [4.69, 9.17) is 10.5 Å². The van der Waals surface area contributed by atoms with Gasteiger partial charge in [0.05, 0.1) is 17.8 Å². The van der Waals surface area contributed by atoms with Crippen LogP contribution in [0.2, 0.25) is 0 Å². The number of aliphatic imine (C=N–C) groups is 2. The van der Waals surface area contributed by atoms with Crippen LogP contribution in [0.3, 0.4) is 0 Å². The Hall–Kier alpha value is -2.90. The largest absolute Gasteiger partial charge is 0.386 e. The number of nitrogens with one attached hydrogen (secondary N) is 3. The first-order valence-corrected chi connectivity index (χ1v) is 10.8. The van der Waals surface area contributed by atoms with E-state index in [1.807, 2.05) is 20.2 Å². The number of hydrogen-bond acceptors (Lipinski definition) is 7. The highest BCUT2D eigenvalue weighted by atomic mass is 15.3. The van der Waals surface area contributed by atoms with E-state index < -0.39 is 0 Å². The zero-order chi connectivity index (χ0) is 21.1. The molecule has 3 aliphatic rings. The molecular weight excluding hydrogens is 376 g/mol. The van der Waals surface area contributed by atoms with E-state index in [-0.39, 0.29) is 0 Å². The van der Waals surface area contributed by atoms with Gasteiger partial charge in [-0.05, 0) is 38.7 Å². The van der Waals surface area contributed by atoms with Crippen LogP contribution in [0.1, 0.15) is 43.1 Å². The second-order valence-corrected chi connectivity index (χ2v) is 8.07. The minimum absolute atomic E-state index is 0.641. The molecule has 4 rings (SSSR count). The van der Waals surface area contributed by atoms with Gasteiger partial charge in [0.15, 0.2) is 0 Å². The van der Waals surface area contributed by atoms with Crippen LogP contribution in [0.5, 0.6) is 0 Å². The number of likely N-dealkylation sites (tertiary alicyclic amines) is 1. The van der Waals surface area contributed by atoms with E-state index in [1.54, 1.807) is 5.70 Å². The van der Waals surface area contributed by atoms with Gasteiger partial charge in [0, 0.05) is 69.0 Å². The molecule has 3 N–H and O–H groups in total. The predicted octanol–water partition coefficient (Wildman–Crippen LogP) is 2.16. The van der Waals surface area contributed by atoms with Gasteiger partial charge in [-0.3, -0.25) is 9.67 Å². The summed E-state index contributed by atoms with van der Waals surface area (Å²) in [6.45, 7) is 8.65. The maximum Gasteiger partial charge on any atom is 0.138 e. The molecule has 0 bridgehead atoms. The van der Waals surface area contributed by atoms with Crippen LogP contribution in [0.25, 0.3) is 0 Å². The monoisotopic (exact) mass is 408 g/mol. The van der Waals surface area contributed by atoms with Crippen molar-refractivity contribution in [3.8, 4) is 0 Å². The Balaban J connectivity index is 1.62. The van der Waals surface area contributed by atoms with Crippen LogP contribution in [0.4, 0.5) is 0 Å². The lowest BCUT2D eigenvalue weighted by Gasteiger charge is -2.41. The Labute approximate surface area is 178 Å². The lowest BCUT2D eigenvalue weighted by atomic mass is 9.91. The van der Waals surface area contributed by atoms with Crippen molar-refractivity contribution in [3.63, 3.8) is 0 Å². The van der Waals surface area contributed by atoms with Crippen molar-refractivity contribution >= 4 is 17.9 Å². The van der Waals surface area contributed by atoms with Crippen molar-refractivity contribution in [2.45, 2.75) is 52.6 Å². The van der Waals surface area contributed by atoms with Crippen LogP contribution in [-0.4, -0.2) is 59.2 Å². The van der Waals surface area contributed by atoms with Gasteiger partial charge in [-0.25, -0.2) is 4.99 Å². The lowest BCUT2D eigenvalue weighted by Crippen LogP contribution is -2.39. The molecule has 0 radical (unpaired) electrons. The summed E-state index contributed by atoms with van der Waals surface area (Å²) in [5.41, 5.74) is 7.33. The summed E-state index contributed by atoms with van der Waals surface area (Å²) in [7, 11) is 1.81. The highest BCUT2D eigenvalue weighted by Gasteiger charge is 2.27. The predicted molar refractivity (Wildman–Crippen MR) is 121 cm³/mol. The summed E-state index contributed by atoms with van der Waals surface area (Å²) in [6, 6.07) is 0. The summed E-state index contributed by atoms with van der Waals surface area (Å²) >= 11 is 0. The minimum atomic E-state index is 0.641. The highest BCUT2D eigenvalue weighted by Crippen LogP contribution is 2.35. The van der Waals surface area contributed by atoms with Crippen LogP contribution < -0.4 is 10.6 Å². The Morgan fingerprint density at radius 2 is 2.07 bits per heavy atom. The molecule has 0 aromatic carbocycles. The number of hydrogen-bond donors (Lipinski definition) is 3. The average Bonchev–Trinajstić information content (AvgIpc) is 2.97. The first-order chi connectivity index (χ1) is 14.6. The fourth-order valence-electron chi connectivity index (χ4n) is 4.27. The van der Waals surface area contributed by atoms with Gasteiger partial charge in [-0.1, -0.05) is 0 Å². The van der Waals surface area contributed by atoms with Crippen molar-refractivity contribution in [1.82, 2.24) is 25.3 Å². The smallest absolute Gasteiger partial charge is 0.138 e. The lowest BCUT2D eigenvalue weighted by molar-refractivity contribution is 0.214. The van der Waals surface area contributed by atoms with E-state index in [9.17, 15) is 0 Å². The zero-order valence-electron chi connectivity index (χ0n) is 18.3. The third kappa shape index (κ3) is 4.04. The molecule has 0 amide bonds. The number of aromatic nitrogens is 2. The molecule has 0 atom stereocenters. The topological polar surface area (TPSA) is 93.7 Å². The zero-order valence-corrected chi connectivity index (χ0v) is 18.3. The molecule has 1 aliphatic carbocycles. The summed E-state index contributed by atoms with van der Waals surface area (Å²) < 4.78 is 2.20. The fraction of sp³-hybridized carbons (Fsp3) is 0.545. The number of likely N-dealkylation sites (N-methyl/N-ethyl adjacent to an activating group) is 1. The summed E-state index contributed by atoms with van der Waals surface area (Å²) in [4.78, 5) is 11.7. The maximum absolute atomic E-state index is 7.74. The maximum atomic E-state index is 7.74. The standard InChI is InChI=1S/C22H32N8/c1-15-19-13-25-12-18(11-23)22(24-3)27-16(2)26-8-7-21(19)30(28-15)14-17-5-6-20(17)29-9-4-10-29/h11-12,23,25H,4-10,13-14H2,1-3H3,(H,24,26,27)/b18-12+,23-11?. The van der Waals surface area contributed by atoms with Crippen LogP contribution in [0.15, 0.2) is 33.0 Å². The van der Waals surface area contributed by atoms with Crippen LogP contribution in [0, 0.1) is 12.3 Å². The van der Waals surface area contributed by atoms with Gasteiger partial charge >= 0.3 is 0 Å². The van der Waals surface area contributed by atoms with Crippen molar-refractivity contribution < 1.29 is 0 Å². The molecular formula is C22H32N8. The van der Waals surface area contributed by atoms with Gasteiger partial charge in [-0.15, -0.1) is 0 Å². The molecule has 1 saturated heterocycles. The molecule has 8 heteroatoms. The number of amidine groups is 2. The Morgan fingerprint density at radius 1 is 1.23 bits per heavy atom. The first kappa shape index (κ1) is 20.4. The van der Waals surface area contributed by atoms with Crippen molar-refractivity contribution in [1.29, 1.82) is 5.41 Å². The van der Waals surface area contributed by atoms with Crippen molar-refractivity contribution in [2.24, 2.45) is 9.98 Å². The Bertz CT molecular complexity index is 943. The highest BCUT2D eigenvalue weighted by molar-refractivity contribution is 6.17. The third-order valence-electron chi connectivity index (χ3n) is 6.18. The van der Waals surface area contributed by atoms with E-state index in [1.165, 1.54) is 55.4 Å².